The van der Waals surface area contributed by atoms with Crippen LogP contribution < -0.4 is 5.73 Å². The van der Waals surface area contributed by atoms with E-state index in [0.29, 0.717) is 12.1 Å². The molecule has 3 nitrogen and oxygen atoms in total. The quantitative estimate of drug-likeness (QED) is 0.745. The third-order valence-corrected chi connectivity index (χ3v) is 5.67. The average molecular weight is 289 g/mol. The Balaban J connectivity index is 2.52. The van der Waals surface area contributed by atoms with Crippen molar-refractivity contribution in [3.63, 3.8) is 0 Å². The lowest BCUT2D eigenvalue weighted by atomic mass is 9.54. The molecule has 0 amide bonds. The number of nitrogens with zero attached hydrogens (tertiary/aromatic N) is 1. The third kappa shape index (κ3) is 3.66. The minimum atomic E-state index is -0.116. The standard InChI is InChI=1S/C15H32N2OS/c1-7-18-13-10-15(16,14(13,3)4)11-17(5)12(2)8-9-19-6/h12-13H,7-11,16H2,1-6H3. The Labute approximate surface area is 123 Å². The van der Waals surface area contributed by atoms with Gasteiger partial charge in [-0.3, -0.25) is 0 Å². The van der Waals surface area contributed by atoms with Crippen molar-refractivity contribution < 1.29 is 4.74 Å². The van der Waals surface area contributed by atoms with Crippen molar-refractivity contribution in [3.05, 3.63) is 0 Å². The first-order chi connectivity index (χ1) is 8.78. The van der Waals surface area contributed by atoms with E-state index in [1.165, 1.54) is 12.2 Å². The second-order valence-electron chi connectivity index (χ2n) is 6.57. The van der Waals surface area contributed by atoms with Gasteiger partial charge in [-0.25, -0.2) is 0 Å². The molecule has 0 aromatic carbocycles. The van der Waals surface area contributed by atoms with Crippen molar-refractivity contribution in [2.45, 2.75) is 58.2 Å². The molecule has 19 heavy (non-hydrogen) atoms. The lowest BCUT2D eigenvalue weighted by molar-refractivity contribution is -0.156. The third-order valence-electron chi connectivity index (χ3n) is 5.03. The second kappa shape index (κ2) is 6.79. The predicted molar refractivity (Wildman–Crippen MR) is 85.8 cm³/mol. The van der Waals surface area contributed by atoms with Gasteiger partial charge in [0.1, 0.15) is 0 Å². The maximum absolute atomic E-state index is 6.64. The van der Waals surface area contributed by atoms with Crippen LogP contribution in [0.1, 0.15) is 40.5 Å². The van der Waals surface area contributed by atoms with Crippen LogP contribution in [0.2, 0.25) is 0 Å². The Morgan fingerprint density at radius 1 is 1.47 bits per heavy atom. The highest BCUT2D eigenvalue weighted by atomic mass is 32.2. The summed E-state index contributed by atoms with van der Waals surface area (Å²) in [5.74, 6) is 1.22. The smallest absolute Gasteiger partial charge is 0.0662 e. The summed E-state index contributed by atoms with van der Waals surface area (Å²) >= 11 is 1.91. The number of hydrogen-bond donors (Lipinski definition) is 1. The zero-order valence-electron chi connectivity index (χ0n) is 13.5. The molecule has 3 unspecified atom stereocenters. The molecule has 1 aliphatic carbocycles. The second-order valence-corrected chi connectivity index (χ2v) is 7.56. The molecule has 0 spiro atoms. The van der Waals surface area contributed by atoms with Crippen LogP contribution in [0.25, 0.3) is 0 Å². The van der Waals surface area contributed by atoms with Crippen LogP contribution in [0, 0.1) is 5.41 Å². The summed E-state index contributed by atoms with van der Waals surface area (Å²) in [5, 5.41) is 0. The molecular formula is C15H32N2OS. The molecule has 1 fully saturated rings. The van der Waals surface area contributed by atoms with Crippen LogP contribution in [0.3, 0.4) is 0 Å². The van der Waals surface area contributed by atoms with E-state index >= 15 is 0 Å². The zero-order valence-corrected chi connectivity index (χ0v) is 14.3. The van der Waals surface area contributed by atoms with E-state index in [1.54, 1.807) is 0 Å². The van der Waals surface area contributed by atoms with Gasteiger partial charge in [0.15, 0.2) is 0 Å². The maximum Gasteiger partial charge on any atom is 0.0662 e. The van der Waals surface area contributed by atoms with E-state index in [4.69, 9.17) is 10.5 Å². The average Bonchev–Trinajstić information content (AvgIpc) is 2.35. The van der Waals surface area contributed by atoms with Crippen LogP contribution in [0.5, 0.6) is 0 Å². The van der Waals surface area contributed by atoms with E-state index in [-0.39, 0.29) is 11.0 Å². The summed E-state index contributed by atoms with van der Waals surface area (Å²) in [6, 6.07) is 0.592. The Bertz CT molecular complexity index is 285. The maximum atomic E-state index is 6.64. The van der Waals surface area contributed by atoms with Crippen molar-refractivity contribution in [2.75, 3.05) is 32.2 Å². The van der Waals surface area contributed by atoms with Crippen molar-refractivity contribution in [1.29, 1.82) is 0 Å². The lowest BCUT2D eigenvalue weighted by Gasteiger charge is -2.60. The van der Waals surface area contributed by atoms with Gasteiger partial charge < -0.3 is 15.4 Å². The van der Waals surface area contributed by atoms with Gasteiger partial charge in [-0.05, 0) is 45.7 Å². The Morgan fingerprint density at radius 3 is 2.58 bits per heavy atom. The molecule has 4 heteroatoms. The molecule has 0 aromatic rings. The molecule has 2 N–H and O–H groups in total. The molecule has 1 rings (SSSR count). The molecule has 0 saturated heterocycles. The van der Waals surface area contributed by atoms with Gasteiger partial charge in [0.25, 0.3) is 0 Å². The van der Waals surface area contributed by atoms with Crippen LogP contribution in [0.4, 0.5) is 0 Å². The summed E-state index contributed by atoms with van der Waals surface area (Å²) in [7, 11) is 2.20. The topological polar surface area (TPSA) is 38.5 Å². The van der Waals surface area contributed by atoms with Gasteiger partial charge in [-0.1, -0.05) is 13.8 Å². The zero-order chi connectivity index (χ0) is 14.7. The summed E-state index contributed by atoms with van der Waals surface area (Å²) in [6.07, 6.45) is 4.69. The van der Waals surface area contributed by atoms with Crippen LogP contribution in [0.15, 0.2) is 0 Å². The molecule has 0 aromatic heterocycles. The van der Waals surface area contributed by atoms with E-state index in [0.717, 1.165) is 19.6 Å². The molecule has 0 radical (unpaired) electrons. The van der Waals surface area contributed by atoms with Gasteiger partial charge in [-0.2, -0.15) is 11.8 Å². The Morgan fingerprint density at radius 2 is 2.11 bits per heavy atom. The van der Waals surface area contributed by atoms with Crippen molar-refractivity contribution in [2.24, 2.45) is 11.1 Å². The van der Waals surface area contributed by atoms with Crippen LogP contribution in [-0.2, 0) is 4.74 Å². The van der Waals surface area contributed by atoms with E-state index in [1.807, 2.05) is 11.8 Å². The van der Waals surface area contributed by atoms with Gasteiger partial charge in [0, 0.05) is 30.1 Å². The fourth-order valence-electron chi connectivity index (χ4n) is 2.88. The number of hydrogen-bond acceptors (Lipinski definition) is 4. The molecule has 0 aliphatic heterocycles. The molecule has 3 atom stereocenters. The number of thioether (sulfide) groups is 1. The normalized spacial score (nSPS) is 31.3. The fourth-order valence-corrected chi connectivity index (χ4v) is 3.46. The van der Waals surface area contributed by atoms with Crippen LogP contribution >= 0.6 is 11.8 Å². The first-order valence-electron chi connectivity index (χ1n) is 7.38. The fraction of sp³-hybridized carbons (Fsp3) is 1.00. The molecule has 0 bridgehead atoms. The summed E-state index contributed by atoms with van der Waals surface area (Å²) < 4.78 is 5.79. The summed E-state index contributed by atoms with van der Waals surface area (Å²) in [4.78, 5) is 2.42. The van der Waals surface area contributed by atoms with Gasteiger partial charge >= 0.3 is 0 Å². The molecule has 1 aliphatic rings. The largest absolute Gasteiger partial charge is 0.378 e. The first-order valence-corrected chi connectivity index (χ1v) is 8.77. The molecule has 114 valence electrons. The Hall–Kier alpha value is 0.230. The summed E-state index contributed by atoms with van der Waals surface area (Å²) in [6.45, 7) is 10.6. The highest BCUT2D eigenvalue weighted by Crippen LogP contribution is 2.50. The number of rotatable bonds is 8. The van der Waals surface area contributed by atoms with Crippen molar-refractivity contribution in [1.82, 2.24) is 4.90 Å². The Kier molecular flexibility index (Phi) is 6.18. The monoisotopic (exact) mass is 288 g/mol. The highest BCUT2D eigenvalue weighted by Gasteiger charge is 2.58. The number of nitrogens with two attached hydrogens (primary N) is 1. The van der Waals surface area contributed by atoms with E-state index in [9.17, 15) is 0 Å². The van der Waals surface area contributed by atoms with Crippen LogP contribution in [-0.4, -0.2) is 54.8 Å². The summed E-state index contributed by atoms with van der Waals surface area (Å²) in [5.41, 5.74) is 6.59. The molecule has 0 heterocycles. The molecular weight excluding hydrogens is 256 g/mol. The lowest BCUT2D eigenvalue weighted by Crippen LogP contribution is -2.73. The number of ether oxygens (including phenoxy) is 1. The van der Waals surface area contributed by atoms with Crippen molar-refractivity contribution >= 4 is 11.8 Å². The van der Waals surface area contributed by atoms with Gasteiger partial charge in [-0.15, -0.1) is 0 Å². The van der Waals surface area contributed by atoms with Gasteiger partial charge in [0.2, 0.25) is 0 Å². The van der Waals surface area contributed by atoms with Gasteiger partial charge in [0.05, 0.1) is 6.10 Å². The SMILES string of the molecule is CCOC1CC(N)(CN(C)C(C)CCSC)C1(C)C. The van der Waals surface area contributed by atoms with Crippen molar-refractivity contribution in [3.8, 4) is 0 Å². The van der Waals surface area contributed by atoms with E-state index < -0.39 is 0 Å². The first kappa shape index (κ1) is 17.3. The number of likely N-dealkylation sites (N-methyl/N-ethyl adjacent to an activating group) is 1. The minimum absolute atomic E-state index is 0.0660. The highest BCUT2D eigenvalue weighted by molar-refractivity contribution is 7.98. The molecule has 1 saturated carbocycles. The predicted octanol–water partition coefficient (Wildman–Crippen LogP) is 2.59. The van der Waals surface area contributed by atoms with E-state index in [2.05, 4.69) is 45.9 Å². The minimum Gasteiger partial charge on any atom is -0.378 e.